The maximum atomic E-state index is 2.52. The number of benzene rings is 5. The third-order valence-electron chi connectivity index (χ3n) is 11.6. The predicted octanol–water partition coefficient (Wildman–Crippen LogP) is 12.8. The summed E-state index contributed by atoms with van der Waals surface area (Å²) in [6.45, 7) is 7.15. The van der Waals surface area contributed by atoms with Gasteiger partial charge in [0.2, 0.25) is 0 Å². The minimum atomic E-state index is 0.333. The number of anilines is 2. The van der Waals surface area contributed by atoms with Gasteiger partial charge in [0.15, 0.2) is 0 Å². The first-order chi connectivity index (χ1) is 24.0. The Morgan fingerprint density at radius 1 is 0.755 bits per heavy atom. The van der Waals surface area contributed by atoms with E-state index < -0.39 is 0 Å². The molecule has 5 aromatic rings. The van der Waals surface area contributed by atoms with Gasteiger partial charge >= 0.3 is 0 Å². The zero-order valence-electron chi connectivity index (χ0n) is 29.4. The molecule has 0 bridgehead atoms. The van der Waals surface area contributed by atoms with E-state index in [4.69, 9.17) is 0 Å². The molecular weight excluding hydrogens is 591 g/mol. The summed E-state index contributed by atoms with van der Waals surface area (Å²) in [5.41, 5.74) is 12.6. The van der Waals surface area contributed by atoms with Crippen molar-refractivity contribution in [3.05, 3.63) is 179 Å². The Morgan fingerprint density at radius 2 is 1.55 bits per heavy atom. The summed E-state index contributed by atoms with van der Waals surface area (Å²) in [5.74, 6) is 2.24. The topological polar surface area (TPSA) is 3.24 Å². The highest BCUT2D eigenvalue weighted by Crippen LogP contribution is 2.45. The van der Waals surface area contributed by atoms with Crippen LogP contribution in [-0.4, -0.2) is 0 Å². The van der Waals surface area contributed by atoms with E-state index in [-0.39, 0.29) is 0 Å². The molecule has 5 unspecified atom stereocenters. The number of rotatable bonds is 7. The Morgan fingerprint density at radius 3 is 2.39 bits per heavy atom. The largest absolute Gasteiger partial charge is 0.311 e. The average Bonchev–Trinajstić information content (AvgIpc) is 3.13. The summed E-state index contributed by atoms with van der Waals surface area (Å²) in [5, 5.41) is 2.71. The van der Waals surface area contributed by atoms with Crippen LogP contribution in [0.3, 0.4) is 0 Å². The second kappa shape index (κ2) is 13.7. The van der Waals surface area contributed by atoms with Crippen LogP contribution in [0.15, 0.2) is 145 Å². The molecule has 0 fully saturated rings. The molecule has 0 saturated heterocycles. The first-order valence-corrected chi connectivity index (χ1v) is 18.7. The second-order valence-electron chi connectivity index (χ2n) is 15.0. The minimum Gasteiger partial charge on any atom is -0.311 e. The van der Waals surface area contributed by atoms with Crippen LogP contribution in [-0.2, 0) is 12.8 Å². The number of fused-ring (bicyclic) bond motifs is 2. The summed E-state index contributed by atoms with van der Waals surface area (Å²) < 4.78 is 0. The number of hydrogen-bond acceptors (Lipinski definition) is 1. The second-order valence-corrected chi connectivity index (χ2v) is 15.0. The SMILES string of the molecule is Cc1cc(C(c2cccc3ccccc23)C2C=CCC(C)C2)ccc1C1C=CC(N(c2ccccc2)c2cccc3c2CCCC3)=CC1C. The van der Waals surface area contributed by atoms with Crippen molar-refractivity contribution >= 4 is 22.1 Å². The van der Waals surface area contributed by atoms with Crippen molar-refractivity contribution in [2.75, 3.05) is 4.90 Å². The summed E-state index contributed by atoms with van der Waals surface area (Å²) >= 11 is 0. The third kappa shape index (κ3) is 6.21. The van der Waals surface area contributed by atoms with Crippen LogP contribution in [0, 0.1) is 24.7 Å². The molecule has 5 aromatic carbocycles. The van der Waals surface area contributed by atoms with Gasteiger partial charge in [-0.25, -0.2) is 0 Å². The molecule has 0 heterocycles. The van der Waals surface area contributed by atoms with E-state index >= 15 is 0 Å². The normalized spacial score (nSPS) is 22.4. The molecular formula is C48H49N. The van der Waals surface area contributed by atoms with Gasteiger partial charge in [0, 0.05) is 28.9 Å². The third-order valence-corrected chi connectivity index (χ3v) is 11.6. The predicted molar refractivity (Wildman–Crippen MR) is 209 cm³/mol. The van der Waals surface area contributed by atoms with Gasteiger partial charge in [0.1, 0.15) is 0 Å². The maximum Gasteiger partial charge on any atom is 0.0496 e. The molecule has 0 aromatic heterocycles. The summed E-state index contributed by atoms with van der Waals surface area (Å²) in [7, 11) is 0. The van der Waals surface area contributed by atoms with Crippen LogP contribution >= 0.6 is 0 Å². The standard InChI is InChI=1S/C48H49N/c1-33-14-11-19-38(30-33)48(46-24-12-17-36-15-7-9-22-44(36)46)39-26-28-42(34(2)31-39)43-29-27-41(32-35(43)3)49(40-20-5-4-6-21-40)47-25-13-18-37-16-8-10-23-45(37)47/h4-7,9,11-13,15,17-22,24-29,31-33,35,38,43,48H,8,10,14,16,23,30H2,1-3H3. The molecule has 0 saturated carbocycles. The lowest BCUT2D eigenvalue weighted by Crippen LogP contribution is -2.22. The van der Waals surface area contributed by atoms with Crippen molar-refractivity contribution in [3.63, 3.8) is 0 Å². The molecule has 0 N–H and O–H groups in total. The van der Waals surface area contributed by atoms with Crippen molar-refractivity contribution in [1.82, 2.24) is 0 Å². The maximum absolute atomic E-state index is 2.52. The lowest BCUT2D eigenvalue weighted by molar-refractivity contribution is 0.399. The first-order valence-electron chi connectivity index (χ1n) is 18.7. The fraction of sp³-hybridized carbons (Fsp3) is 0.292. The van der Waals surface area contributed by atoms with Crippen LogP contribution in [0.2, 0.25) is 0 Å². The highest BCUT2D eigenvalue weighted by Gasteiger charge is 2.30. The molecule has 49 heavy (non-hydrogen) atoms. The van der Waals surface area contributed by atoms with Crippen LogP contribution in [0.1, 0.15) is 84.7 Å². The van der Waals surface area contributed by atoms with E-state index in [0.29, 0.717) is 29.6 Å². The quantitative estimate of drug-likeness (QED) is 0.160. The minimum absolute atomic E-state index is 0.333. The molecule has 1 heteroatoms. The zero-order chi connectivity index (χ0) is 33.3. The molecule has 3 aliphatic rings. The number of hydrogen-bond donors (Lipinski definition) is 0. The molecule has 5 atom stereocenters. The van der Waals surface area contributed by atoms with Gasteiger partial charge in [0.25, 0.3) is 0 Å². The number of para-hydroxylation sites is 1. The van der Waals surface area contributed by atoms with Crippen LogP contribution < -0.4 is 4.90 Å². The molecule has 0 amide bonds. The van der Waals surface area contributed by atoms with Gasteiger partial charge in [-0.05, 0) is 132 Å². The van der Waals surface area contributed by atoms with Crippen molar-refractivity contribution in [1.29, 1.82) is 0 Å². The van der Waals surface area contributed by atoms with E-state index in [2.05, 4.69) is 165 Å². The number of aryl methyl sites for hydroxylation is 2. The fourth-order valence-electron chi connectivity index (χ4n) is 9.13. The van der Waals surface area contributed by atoms with Gasteiger partial charge in [-0.1, -0.05) is 129 Å². The first kappa shape index (κ1) is 31.6. The fourth-order valence-corrected chi connectivity index (χ4v) is 9.13. The van der Waals surface area contributed by atoms with E-state index in [1.54, 1.807) is 0 Å². The van der Waals surface area contributed by atoms with Crippen molar-refractivity contribution in [3.8, 4) is 0 Å². The Kier molecular flexibility index (Phi) is 8.85. The average molecular weight is 640 g/mol. The van der Waals surface area contributed by atoms with Crippen molar-refractivity contribution < 1.29 is 0 Å². The summed E-state index contributed by atoms with van der Waals surface area (Å²) in [6.07, 6.45) is 19.6. The highest BCUT2D eigenvalue weighted by atomic mass is 15.1. The van der Waals surface area contributed by atoms with E-state index in [9.17, 15) is 0 Å². The lowest BCUT2D eigenvalue weighted by atomic mass is 9.72. The van der Waals surface area contributed by atoms with Crippen LogP contribution in [0.25, 0.3) is 10.8 Å². The smallest absolute Gasteiger partial charge is 0.0496 e. The van der Waals surface area contributed by atoms with Crippen LogP contribution in [0.4, 0.5) is 11.4 Å². The lowest BCUT2D eigenvalue weighted by Gasteiger charge is -2.34. The Labute approximate surface area is 293 Å². The molecule has 3 aliphatic carbocycles. The molecule has 0 spiro atoms. The molecule has 0 aliphatic heterocycles. The van der Waals surface area contributed by atoms with E-state index in [0.717, 1.165) is 6.42 Å². The zero-order valence-corrected chi connectivity index (χ0v) is 29.4. The van der Waals surface area contributed by atoms with Gasteiger partial charge in [0.05, 0.1) is 0 Å². The summed E-state index contributed by atoms with van der Waals surface area (Å²) in [4.78, 5) is 2.51. The van der Waals surface area contributed by atoms with Crippen molar-refractivity contribution in [2.24, 2.45) is 17.8 Å². The molecule has 0 radical (unpaired) electrons. The summed E-state index contributed by atoms with van der Waals surface area (Å²) in [6, 6.07) is 41.1. The Hall–Kier alpha value is -4.62. The van der Waals surface area contributed by atoms with Gasteiger partial charge in [-0.3, -0.25) is 0 Å². The van der Waals surface area contributed by atoms with E-state index in [1.165, 1.54) is 93.3 Å². The van der Waals surface area contributed by atoms with E-state index in [1.807, 2.05) is 0 Å². The highest BCUT2D eigenvalue weighted by molar-refractivity contribution is 5.86. The molecule has 1 nitrogen and oxygen atoms in total. The van der Waals surface area contributed by atoms with Gasteiger partial charge in [-0.15, -0.1) is 0 Å². The number of allylic oxidation sites excluding steroid dienone is 5. The molecule has 246 valence electrons. The monoisotopic (exact) mass is 639 g/mol. The Bertz CT molecular complexity index is 2040. The van der Waals surface area contributed by atoms with Crippen molar-refractivity contribution in [2.45, 2.75) is 71.1 Å². The number of nitrogens with zero attached hydrogens (tertiary/aromatic N) is 1. The van der Waals surface area contributed by atoms with Crippen LogP contribution in [0.5, 0.6) is 0 Å². The van der Waals surface area contributed by atoms with Gasteiger partial charge < -0.3 is 4.90 Å². The Balaban J connectivity index is 1.14. The molecule has 8 rings (SSSR count). The van der Waals surface area contributed by atoms with Gasteiger partial charge in [-0.2, -0.15) is 0 Å².